The van der Waals surface area contributed by atoms with Gasteiger partial charge in [-0.3, -0.25) is 9.69 Å². The molecule has 0 unspecified atom stereocenters. The highest BCUT2D eigenvalue weighted by Crippen LogP contribution is 2.46. The standard InChI is InChI=1S/C18H25FN2O2/c1-2-20-17(22)14-10-18(23,11-14)15-6-5-13(16(19)9-15)12-21-7-3-4-8-21/h5-6,9,14,23H,2-4,7-8,10-12H2,1H3,(H,20,22). The maximum Gasteiger partial charge on any atom is 0.223 e. The Morgan fingerprint density at radius 3 is 2.70 bits per heavy atom. The lowest BCUT2D eigenvalue weighted by Crippen LogP contribution is -2.48. The number of hydrogen-bond acceptors (Lipinski definition) is 3. The van der Waals surface area contributed by atoms with Gasteiger partial charge in [0.05, 0.1) is 5.60 Å². The molecule has 23 heavy (non-hydrogen) atoms. The molecule has 4 nitrogen and oxygen atoms in total. The number of amides is 1. The summed E-state index contributed by atoms with van der Waals surface area (Å²) in [7, 11) is 0. The van der Waals surface area contributed by atoms with Crippen LogP contribution in [-0.2, 0) is 16.9 Å². The highest BCUT2D eigenvalue weighted by Gasteiger charge is 2.47. The smallest absolute Gasteiger partial charge is 0.223 e. The van der Waals surface area contributed by atoms with Crippen LogP contribution in [0.25, 0.3) is 0 Å². The van der Waals surface area contributed by atoms with E-state index in [1.54, 1.807) is 6.07 Å². The number of nitrogens with one attached hydrogen (secondary N) is 1. The molecule has 1 aliphatic carbocycles. The molecule has 126 valence electrons. The van der Waals surface area contributed by atoms with Gasteiger partial charge >= 0.3 is 0 Å². The summed E-state index contributed by atoms with van der Waals surface area (Å²) in [4.78, 5) is 14.0. The van der Waals surface area contributed by atoms with E-state index in [1.807, 2.05) is 13.0 Å². The van der Waals surface area contributed by atoms with E-state index >= 15 is 0 Å². The monoisotopic (exact) mass is 320 g/mol. The van der Waals surface area contributed by atoms with Gasteiger partial charge in [-0.1, -0.05) is 12.1 Å². The lowest BCUT2D eigenvalue weighted by molar-refractivity contribution is -0.142. The first kappa shape index (κ1) is 16.4. The lowest BCUT2D eigenvalue weighted by atomic mass is 9.67. The van der Waals surface area contributed by atoms with Gasteiger partial charge in [0.25, 0.3) is 0 Å². The molecule has 1 saturated heterocycles. The van der Waals surface area contributed by atoms with Gasteiger partial charge in [0.1, 0.15) is 5.82 Å². The van der Waals surface area contributed by atoms with E-state index in [-0.39, 0.29) is 17.6 Å². The Morgan fingerprint density at radius 1 is 1.39 bits per heavy atom. The van der Waals surface area contributed by atoms with Crippen LogP contribution in [0.3, 0.4) is 0 Å². The number of likely N-dealkylation sites (tertiary alicyclic amines) is 1. The zero-order chi connectivity index (χ0) is 16.4. The second kappa shape index (κ2) is 6.57. The number of aliphatic hydroxyl groups is 1. The van der Waals surface area contributed by atoms with Gasteiger partial charge in [-0.25, -0.2) is 4.39 Å². The molecule has 0 bridgehead atoms. The number of carbonyl (C=O) groups excluding carboxylic acids is 1. The van der Waals surface area contributed by atoms with Crippen molar-refractivity contribution in [1.29, 1.82) is 0 Å². The van der Waals surface area contributed by atoms with Crippen LogP contribution in [0.15, 0.2) is 18.2 Å². The Bertz CT molecular complexity index is 578. The summed E-state index contributed by atoms with van der Waals surface area (Å²) in [5.41, 5.74) is 0.197. The molecule has 1 amide bonds. The second-order valence-electron chi connectivity index (χ2n) is 6.82. The lowest BCUT2D eigenvalue weighted by Gasteiger charge is -2.43. The Morgan fingerprint density at radius 2 is 2.09 bits per heavy atom. The van der Waals surface area contributed by atoms with Crippen LogP contribution in [0.2, 0.25) is 0 Å². The van der Waals surface area contributed by atoms with Gasteiger partial charge in [-0.2, -0.15) is 0 Å². The molecule has 0 radical (unpaired) electrons. The molecule has 1 aromatic carbocycles. The number of hydrogen-bond donors (Lipinski definition) is 2. The third kappa shape index (κ3) is 3.40. The van der Waals surface area contributed by atoms with Crippen LogP contribution < -0.4 is 5.32 Å². The van der Waals surface area contributed by atoms with Crippen molar-refractivity contribution in [3.05, 3.63) is 35.1 Å². The molecular weight excluding hydrogens is 295 g/mol. The molecule has 0 spiro atoms. The van der Waals surface area contributed by atoms with Crippen LogP contribution in [0.4, 0.5) is 4.39 Å². The minimum Gasteiger partial charge on any atom is -0.385 e. The first-order chi connectivity index (χ1) is 11.0. The zero-order valence-electron chi connectivity index (χ0n) is 13.6. The van der Waals surface area contributed by atoms with Crippen molar-refractivity contribution in [3.63, 3.8) is 0 Å². The predicted octanol–water partition coefficient (Wildman–Crippen LogP) is 2.16. The van der Waals surface area contributed by atoms with E-state index in [2.05, 4.69) is 10.2 Å². The summed E-state index contributed by atoms with van der Waals surface area (Å²) in [6.07, 6.45) is 3.09. The highest BCUT2D eigenvalue weighted by molar-refractivity contribution is 5.80. The van der Waals surface area contributed by atoms with Gasteiger partial charge in [0.15, 0.2) is 0 Å². The van der Waals surface area contributed by atoms with E-state index in [4.69, 9.17) is 0 Å². The first-order valence-corrected chi connectivity index (χ1v) is 8.53. The van der Waals surface area contributed by atoms with Gasteiger partial charge in [0, 0.05) is 24.6 Å². The van der Waals surface area contributed by atoms with E-state index in [1.165, 1.54) is 18.9 Å². The van der Waals surface area contributed by atoms with Crippen molar-refractivity contribution >= 4 is 5.91 Å². The number of rotatable bonds is 5. The molecule has 1 saturated carbocycles. The molecule has 1 heterocycles. The molecule has 0 atom stereocenters. The molecule has 5 heteroatoms. The van der Waals surface area contributed by atoms with E-state index < -0.39 is 5.60 Å². The molecule has 2 N–H and O–H groups in total. The summed E-state index contributed by atoms with van der Waals surface area (Å²) in [6, 6.07) is 5.03. The first-order valence-electron chi connectivity index (χ1n) is 8.53. The molecule has 2 fully saturated rings. The van der Waals surface area contributed by atoms with Crippen LogP contribution in [0.5, 0.6) is 0 Å². The molecular formula is C18H25FN2O2. The Balaban J connectivity index is 1.65. The van der Waals surface area contributed by atoms with Gasteiger partial charge in [-0.15, -0.1) is 0 Å². The van der Waals surface area contributed by atoms with Crippen molar-refractivity contribution < 1.29 is 14.3 Å². The third-order valence-corrected chi connectivity index (χ3v) is 5.07. The predicted molar refractivity (Wildman–Crippen MR) is 86.2 cm³/mol. The average Bonchev–Trinajstić information content (AvgIpc) is 2.99. The van der Waals surface area contributed by atoms with Crippen molar-refractivity contribution in [3.8, 4) is 0 Å². The summed E-state index contributed by atoms with van der Waals surface area (Å²) in [6.45, 7) is 5.15. The summed E-state index contributed by atoms with van der Waals surface area (Å²) in [5.74, 6) is -0.458. The number of carbonyl (C=O) groups is 1. The van der Waals surface area contributed by atoms with Crippen molar-refractivity contribution in [2.75, 3.05) is 19.6 Å². The Labute approximate surface area is 136 Å². The van der Waals surface area contributed by atoms with E-state index in [0.717, 1.165) is 13.1 Å². The fraction of sp³-hybridized carbons (Fsp3) is 0.611. The SMILES string of the molecule is CCNC(=O)C1CC(O)(c2ccc(CN3CCCC3)c(F)c2)C1. The fourth-order valence-corrected chi connectivity index (χ4v) is 3.64. The molecule has 1 aliphatic heterocycles. The molecule has 3 rings (SSSR count). The average molecular weight is 320 g/mol. The summed E-state index contributed by atoms with van der Waals surface area (Å²) in [5, 5.41) is 13.4. The van der Waals surface area contributed by atoms with Gasteiger partial charge < -0.3 is 10.4 Å². The zero-order valence-corrected chi connectivity index (χ0v) is 13.6. The van der Waals surface area contributed by atoms with Gasteiger partial charge in [0.2, 0.25) is 5.91 Å². The minimum atomic E-state index is -1.07. The van der Waals surface area contributed by atoms with Crippen molar-refractivity contribution in [1.82, 2.24) is 10.2 Å². The third-order valence-electron chi connectivity index (χ3n) is 5.07. The van der Waals surface area contributed by atoms with Crippen molar-refractivity contribution in [2.45, 2.75) is 44.8 Å². The highest BCUT2D eigenvalue weighted by atomic mass is 19.1. The van der Waals surface area contributed by atoms with E-state index in [0.29, 0.717) is 37.1 Å². The van der Waals surface area contributed by atoms with Crippen LogP contribution in [0, 0.1) is 11.7 Å². The maximum atomic E-state index is 14.4. The molecule has 1 aromatic rings. The number of halogens is 1. The fourth-order valence-electron chi connectivity index (χ4n) is 3.64. The van der Waals surface area contributed by atoms with Crippen LogP contribution in [0.1, 0.15) is 43.7 Å². The maximum absolute atomic E-state index is 14.4. The van der Waals surface area contributed by atoms with Crippen LogP contribution in [-0.4, -0.2) is 35.5 Å². The Kier molecular flexibility index (Phi) is 4.69. The Hall–Kier alpha value is -1.46. The topological polar surface area (TPSA) is 52.6 Å². The van der Waals surface area contributed by atoms with Crippen molar-refractivity contribution in [2.24, 2.45) is 5.92 Å². The minimum absolute atomic E-state index is 0.0247. The number of nitrogens with zero attached hydrogens (tertiary/aromatic N) is 1. The normalized spacial score (nSPS) is 27.7. The van der Waals surface area contributed by atoms with E-state index in [9.17, 15) is 14.3 Å². The summed E-state index contributed by atoms with van der Waals surface area (Å²) >= 11 is 0. The molecule has 0 aromatic heterocycles. The molecule has 2 aliphatic rings. The summed E-state index contributed by atoms with van der Waals surface area (Å²) < 4.78 is 14.4. The quantitative estimate of drug-likeness (QED) is 0.874. The largest absolute Gasteiger partial charge is 0.385 e. The number of benzene rings is 1. The van der Waals surface area contributed by atoms with Gasteiger partial charge in [-0.05, 0) is 57.3 Å². The second-order valence-corrected chi connectivity index (χ2v) is 6.82. The van der Waals surface area contributed by atoms with Crippen LogP contribution >= 0.6 is 0 Å².